The van der Waals surface area contributed by atoms with Crippen LogP contribution in [-0.4, -0.2) is 28.3 Å². The number of anilines is 2. The van der Waals surface area contributed by atoms with Crippen molar-refractivity contribution in [3.05, 3.63) is 40.7 Å². The molecule has 0 aliphatic rings. The van der Waals surface area contributed by atoms with E-state index in [1.54, 1.807) is 4.68 Å². The summed E-state index contributed by atoms with van der Waals surface area (Å²) in [7, 11) is 1.87. The second-order valence-electron chi connectivity index (χ2n) is 6.52. The maximum absolute atomic E-state index is 12.3. The van der Waals surface area contributed by atoms with Gasteiger partial charge < -0.3 is 15.4 Å². The summed E-state index contributed by atoms with van der Waals surface area (Å²) in [6.45, 7) is 10.7. The Morgan fingerprint density at radius 2 is 2.00 bits per heavy atom. The number of ether oxygens (including phenoxy) is 1. The number of aryl methyl sites for hydroxylation is 2. The van der Waals surface area contributed by atoms with Gasteiger partial charge in [0.15, 0.2) is 0 Å². The van der Waals surface area contributed by atoms with E-state index < -0.39 is 0 Å². The molecule has 0 aliphatic carbocycles. The van der Waals surface area contributed by atoms with Crippen molar-refractivity contribution in [3.8, 4) is 0 Å². The molecular weight excluding hydrogens is 316 g/mol. The zero-order valence-electron chi connectivity index (χ0n) is 15.9. The topological polar surface area (TPSA) is 68.2 Å². The molecule has 6 nitrogen and oxygen atoms in total. The molecule has 0 spiro atoms. The highest BCUT2D eigenvalue weighted by atomic mass is 16.5. The van der Waals surface area contributed by atoms with Crippen molar-refractivity contribution in [1.82, 2.24) is 9.78 Å². The van der Waals surface area contributed by atoms with Crippen LogP contribution in [0.2, 0.25) is 0 Å². The normalized spacial score (nSPS) is 11.0. The van der Waals surface area contributed by atoms with Gasteiger partial charge in [-0.25, -0.2) is 0 Å². The van der Waals surface area contributed by atoms with E-state index in [2.05, 4.69) is 15.7 Å². The van der Waals surface area contributed by atoms with Crippen molar-refractivity contribution in [2.75, 3.05) is 17.2 Å². The molecule has 1 heterocycles. The highest BCUT2D eigenvalue weighted by Crippen LogP contribution is 2.21. The number of benzene rings is 1. The van der Waals surface area contributed by atoms with Gasteiger partial charge in [0.25, 0.3) is 0 Å². The fraction of sp³-hybridized carbons (Fsp3) is 0.474. The maximum Gasteiger partial charge on any atom is 0.243 e. The summed E-state index contributed by atoms with van der Waals surface area (Å²) in [5.74, 6) is -0.0950. The molecular formula is C19H28N4O2. The van der Waals surface area contributed by atoms with Crippen molar-refractivity contribution >= 4 is 17.3 Å². The molecule has 25 heavy (non-hydrogen) atoms. The number of carbonyl (C=O) groups is 1. The zero-order valence-corrected chi connectivity index (χ0v) is 15.9. The van der Waals surface area contributed by atoms with Gasteiger partial charge in [-0.2, -0.15) is 5.10 Å². The van der Waals surface area contributed by atoms with E-state index in [0.29, 0.717) is 6.61 Å². The second-order valence-corrected chi connectivity index (χ2v) is 6.52. The quantitative estimate of drug-likeness (QED) is 0.808. The molecule has 0 aliphatic heterocycles. The van der Waals surface area contributed by atoms with Crippen LogP contribution in [0.4, 0.5) is 11.4 Å². The van der Waals surface area contributed by atoms with Crippen molar-refractivity contribution in [2.45, 2.75) is 47.3 Å². The fourth-order valence-corrected chi connectivity index (χ4v) is 2.60. The van der Waals surface area contributed by atoms with Crippen LogP contribution in [0.1, 0.15) is 36.4 Å². The van der Waals surface area contributed by atoms with Crippen LogP contribution in [0.15, 0.2) is 18.2 Å². The van der Waals surface area contributed by atoms with Gasteiger partial charge in [0.05, 0.1) is 36.3 Å². The van der Waals surface area contributed by atoms with Crippen molar-refractivity contribution in [3.63, 3.8) is 0 Å². The van der Waals surface area contributed by atoms with Gasteiger partial charge >= 0.3 is 0 Å². The molecule has 0 bridgehead atoms. The third-order valence-electron chi connectivity index (χ3n) is 4.23. The highest BCUT2D eigenvalue weighted by molar-refractivity contribution is 5.94. The SMILES string of the molecule is Cc1nn(C)c(C)c1NC(=O)CNc1cccc(COC(C)C)c1C. The Morgan fingerprint density at radius 1 is 1.28 bits per heavy atom. The van der Waals surface area contributed by atoms with Gasteiger partial charge in [-0.05, 0) is 51.8 Å². The minimum atomic E-state index is -0.0950. The molecule has 1 aromatic heterocycles. The molecule has 0 saturated carbocycles. The van der Waals surface area contributed by atoms with E-state index in [0.717, 1.165) is 33.9 Å². The van der Waals surface area contributed by atoms with Crippen LogP contribution in [0.25, 0.3) is 0 Å². The highest BCUT2D eigenvalue weighted by Gasteiger charge is 2.13. The monoisotopic (exact) mass is 344 g/mol. The third kappa shape index (κ3) is 4.82. The summed E-state index contributed by atoms with van der Waals surface area (Å²) in [5, 5.41) is 10.5. The minimum absolute atomic E-state index is 0.0950. The average molecular weight is 344 g/mol. The van der Waals surface area contributed by atoms with E-state index in [1.165, 1.54) is 0 Å². The first-order valence-corrected chi connectivity index (χ1v) is 8.53. The van der Waals surface area contributed by atoms with E-state index in [9.17, 15) is 4.79 Å². The molecule has 6 heteroatoms. The Kier molecular flexibility index (Phi) is 6.20. The van der Waals surface area contributed by atoms with Crippen molar-refractivity contribution < 1.29 is 9.53 Å². The number of amides is 1. The van der Waals surface area contributed by atoms with Crippen LogP contribution in [0.3, 0.4) is 0 Å². The van der Waals surface area contributed by atoms with Gasteiger partial charge in [0.2, 0.25) is 5.91 Å². The second kappa shape index (κ2) is 8.16. The lowest BCUT2D eigenvalue weighted by molar-refractivity contribution is -0.114. The smallest absolute Gasteiger partial charge is 0.243 e. The molecule has 136 valence electrons. The Bertz CT molecular complexity index is 750. The van der Waals surface area contributed by atoms with E-state index >= 15 is 0 Å². The summed E-state index contributed by atoms with van der Waals surface area (Å²) in [6.07, 6.45) is 0.188. The Balaban J connectivity index is 1.98. The lowest BCUT2D eigenvalue weighted by atomic mass is 10.1. The lowest BCUT2D eigenvalue weighted by Gasteiger charge is -2.15. The largest absolute Gasteiger partial charge is 0.376 e. The molecule has 0 fully saturated rings. The first kappa shape index (κ1) is 19.0. The number of carbonyl (C=O) groups excluding carboxylic acids is 1. The van der Waals surface area contributed by atoms with E-state index in [4.69, 9.17) is 4.74 Å². The molecule has 2 N–H and O–H groups in total. The molecule has 1 amide bonds. The molecule has 0 saturated heterocycles. The fourth-order valence-electron chi connectivity index (χ4n) is 2.60. The maximum atomic E-state index is 12.3. The van der Waals surface area contributed by atoms with Gasteiger partial charge in [-0.1, -0.05) is 12.1 Å². The molecule has 2 aromatic rings. The first-order valence-electron chi connectivity index (χ1n) is 8.53. The van der Waals surface area contributed by atoms with Crippen molar-refractivity contribution in [2.24, 2.45) is 7.05 Å². The number of hydrogen-bond donors (Lipinski definition) is 2. The molecule has 0 radical (unpaired) electrons. The predicted molar refractivity (Wildman–Crippen MR) is 101 cm³/mol. The average Bonchev–Trinajstić information content (AvgIpc) is 2.79. The number of nitrogens with one attached hydrogen (secondary N) is 2. The molecule has 2 rings (SSSR count). The zero-order chi connectivity index (χ0) is 18.6. The number of nitrogens with zero attached hydrogens (tertiary/aromatic N) is 2. The van der Waals surface area contributed by atoms with Crippen LogP contribution < -0.4 is 10.6 Å². The summed E-state index contributed by atoms with van der Waals surface area (Å²) in [4.78, 5) is 12.3. The summed E-state index contributed by atoms with van der Waals surface area (Å²) in [6, 6.07) is 6.00. The number of hydrogen-bond acceptors (Lipinski definition) is 4. The van der Waals surface area contributed by atoms with E-state index in [1.807, 2.05) is 59.9 Å². The predicted octanol–water partition coefficient (Wildman–Crippen LogP) is 3.32. The standard InChI is InChI=1S/C19H28N4O2/c1-12(2)25-11-16-8-7-9-17(13(16)3)20-10-18(24)21-19-14(4)22-23(6)15(19)5/h7-9,12,20H,10-11H2,1-6H3,(H,21,24). The van der Waals surface area contributed by atoms with Crippen LogP contribution in [0, 0.1) is 20.8 Å². The van der Waals surface area contributed by atoms with E-state index in [-0.39, 0.29) is 18.6 Å². The minimum Gasteiger partial charge on any atom is -0.376 e. The summed E-state index contributed by atoms with van der Waals surface area (Å²) >= 11 is 0. The van der Waals surface area contributed by atoms with Crippen LogP contribution in [-0.2, 0) is 23.2 Å². The number of aromatic nitrogens is 2. The van der Waals surface area contributed by atoms with Gasteiger partial charge in [-0.3, -0.25) is 9.48 Å². The Hall–Kier alpha value is -2.34. The lowest BCUT2D eigenvalue weighted by Crippen LogP contribution is -2.22. The van der Waals surface area contributed by atoms with Crippen LogP contribution >= 0.6 is 0 Å². The molecule has 0 atom stereocenters. The molecule has 0 unspecified atom stereocenters. The Labute approximate surface area is 149 Å². The van der Waals surface area contributed by atoms with Gasteiger partial charge in [0, 0.05) is 12.7 Å². The summed E-state index contributed by atoms with van der Waals surface area (Å²) in [5.41, 5.74) is 5.71. The summed E-state index contributed by atoms with van der Waals surface area (Å²) < 4.78 is 7.45. The third-order valence-corrected chi connectivity index (χ3v) is 4.23. The number of rotatable bonds is 7. The van der Waals surface area contributed by atoms with Crippen molar-refractivity contribution in [1.29, 1.82) is 0 Å². The Morgan fingerprint density at radius 3 is 2.60 bits per heavy atom. The molecule has 1 aromatic carbocycles. The van der Waals surface area contributed by atoms with Crippen LogP contribution in [0.5, 0.6) is 0 Å². The van der Waals surface area contributed by atoms with Gasteiger partial charge in [0.1, 0.15) is 0 Å². The van der Waals surface area contributed by atoms with Gasteiger partial charge in [-0.15, -0.1) is 0 Å². The first-order chi connectivity index (χ1) is 11.8.